The highest BCUT2D eigenvalue weighted by atomic mass is 79.9. The van der Waals surface area contributed by atoms with Gasteiger partial charge in [-0.1, -0.05) is 22.0 Å². The van der Waals surface area contributed by atoms with Gasteiger partial charge in [-0.05, 0) is 42.8 Å². The van der Waals surface area contributed by atoms with E-state index in [4.69, 9.17) is 0 Å². The smallest absolute Gasteiger partial charge is 0.272 e. The number of hydrogen-bond acceptors (Lipinski definition) is 2. The van der Waals surface area contributed by atoms with Crippen LogP contribution in [0.4, 0.5) is 5.69 Å². The van der Waals surface area contributed by atoms with Crippen LogP contribution in [0.15, 0.2) is 46.9 Å². The zero-order valence-electron chi connectivity index (χ0n) is 10.2. The summed E-state index contributed by atoms with van der Waals surface area (Å²) in [5.41, 5.74) is 2.69. The van der Waals surface area contributed by atoms with Gasteiger partial charge < -0.3 is 5.21 Å². The Bertz CT molecular complexity index is 717. The van der Waals surface area contributed by atoms with Crippen molar-refractivity contribution in [2.75, 3.05) is 0 Å². The molecule has 0 aromatic heterocycles. The maximum atomic E-state index is 12.3. The second-order valence-corrected chi connectivity index (χ2v) is 5.42. The topological polar surface area (TPSA) is 43.1 Å². The molecule has 2 aromatic carbocycles. The Labute approximate surface area is 118 Å². The normalized spacial score (nSPS) is 13.9. The third kappa shape index (κ3) is 1.88. The molecule has 0 aliphatic carbocycles. The van der Waals surface area contributed by atoms with Crippen LogP contribution in [0.1, 0.15) is 21.5 Å². The molecular formula is C15H10BrNO2. The Morgan fingerprint density at radius 3 is 2.47 bits per heavy atom. The highest BCUT2D eigenvalue weighted by Gasteiger charge is 2.36. The first-order valence-electron chi connectivity index (χ1n) is 5.83. The van der Waals surface area contributed by atoms with E-state index in [9.17, 15) is 10.0 Å². The summed E-state index contributed by atoms with van der Waals surface area (Å²) < 4.78 is 1.64. The number of aryl methyl sites for hydroxylation is 1. The molecule has 0 saturated heterocycles. The van der Waals surface area contributed by atoms with E-state index < -0.39 is 0 Å². The van der Waals surface area contributed by atoms with Crippen molar-refractivity contribution in [1.29, 1.82) is 0 Å². The Hall–Kier alpha value is -1.94. The molecule has 19 heavy (non-hydrogen) atoms. The molecule has 1 aliphatic rings. The van der Waals surface area contributed by atoms with Crippen LogP contribution in [-0.4, -0.2) is 16.2 Å². The number of hydrogen-bond donors (Lipinski definition) is 0. The number of rotatable bonds is 1. The fraction of sp³-hybridized carbons (Fsp3) is 0.0667. The molecule has 0 N–H and O–H groups in total. The van der Waals surface area contributed by atoms with E-state index in [0.717, 1.165) is 14.8 Å². The minimum Gasteiger partial charge on any atom is -0.618 e. The van der Waals surface area contributed by atoms with Crippen LogP contribution < -0.4 is 0 Å². The molecule has 0 radical (unpaired) electrons. The summed E-state index contributed by atoms with van der Waals surface area (Å²) in [6.45, 7) is 1.90. The van der Waals surface area contributed by atoms with Crippen LogP contribution in [0.5, 0.6) is 0 Å². The maximum Gasteiger partial charge on any atom is 0.272 e. The molecule has 3 nitrogen and oxygen atoms in total. The quantitative estimate of drug-likeness (QED) is 0.596. The average molecular weight is 316 g/mol. The molecular weight excluding hydrogens is 306 g/mol. The summed E-state index contributed by atoms with van der Waals surface area (Å²) in [7, 11) is 0. The lowest BCUT2D eigenvalue weighted by molar-refractivity contribution is -0.355. The molecule has 0 spiro atoms. The Balaban J connectivity index is 2.18. The maximum absolute atomic E-state index is 12.3. The van der Waals surface area contributed by atoms with Crippen molar-refractivity contribution in [2.45, 2.75) is 6.92 Å². The molecule has 0 amide bonds. The lowest BCUT2D eigenvalue weighted by Gasteiger charge is -2.02. The molecule has 4 heteroatoms. The summed E-state index contributed by atoms with van der Waals surface area (Å²) >= 11 is 3.34. The van der Waals surface area contributed by atoms with Gasteiger partial charge in [-0.3, -0.25) is 4.79 Å². The summed E-state index contributed by atoms with van der Waals surface area (Å²) in [6, 6.07) is 12.5. The van der Waals surface area contributed by atoms with E-state index in [-0.39, 0.29) is 11.5 Å². The van der Waals surface area contributed by atoms with Crippen molar-refractivity contribution in [3.8, 4) is 0 Å². The van der Waals surface area contributed by atoms with Gasteiger partial charge in [0.05, 0.1) is 5.56 Å². The predicted octanol–water partition coefficient (Wildman–Crippen LogP) is 3.58. The predicted molar refractivity (Wildman–Crippen MR) is 77.0 cm³/mol. The van der Waals surface area contributed by atoms with Crippen LogP contribution >= 0.6 is 15.9 Å². The van der Waals surface area contributed by atoms with Gasteiger partial charge in [-0.15, -0.1) is 0 Å². The minimum atomic E-state index is -0.215. The van der Waals surface area contributed by atoms with Gasteiger partial charge in [-0.25, -0.2) is 0 Å². The highest BCUT2D eigenvalue weighted by Crippen LogP contribution is 2.29. The fourth-order valence-electron chi connectivity index (χ4n) is 2.20. The van der Waals surface area contributed by atoms with Gasteiger partial charge in [0.25, 0.3) is 11.5 Å². The lowest BCUT2D eigenvalue weighted by atomic mass is 10.0. The second-order valence-electron chi connectivity index (χ2n) is 4.50. The molecule has 0 atom stereocenters. The molecule has 0 unspecified atom stereocenters. The van der Waals surface area contributed by atoms with E-state index in [0.29, 0.717) is 16.8 Å². The van der Waals surface area contributed by atoms with Gasteiger partial charge in [0.2, 0.25) is 5.69 Å². The van der Waals surface area contributed by atoms with E-state index in [1.54, 1.807) is 24.3 Å². The molecule has 1 aliphatic heterocycles. The Kier molecular flexibility index (Phi) is 2.75. The molecule has 3 rings (SSSR count). The fourth-order valence-corrected chi connectivity index (χ4v) is 2.46. The van der Waals surface area contributed by atoms with Crippen LogP contribution in [0, 0.1) is 12.1 Å². The first-order chi connectivity index (χ1) is 9.08. The van der Waals surface area contributed by atoms with Gasteiger partial charge in [0, 0.05) is 10.5 Å². The van der Waals surface area contributed by atoms with Gasteiger partial charge in [-0.2, -0.15) is 4.74 Å². The zero-order valence-corrected chi connectivity index (χ0v) is 11.8. The number of ketones is 1. The van der Waals surface area contributed by atoms with Crippen molar-refractivity contribution in [2.24, 2.45) is 0 Å². The Morgan fingerprint density at radius 2 is 1.79 bits per heavy atom. The van der Waals surface area contributed by atoms with Crippen molar-refractivity contribution < 1.29 is 9.53 Å². The summed E-state index contributed by atoms with van der Waals surface area (Å²) in [5, 5.41) is 12.3. The number of benzene rings is 2. The van der Waals surface area contributed by atoms with Crippen molar-refractivity contribution in [3.05, 3.63) is 68.8 Å². The molecule has 0 fully saturated rings. The first-order valence-corrected chi connectivity index (χ1v) is 6.63. The lowest BCUT2D eigenvalue weighted by Crippen LogP contribution is -2.16. The van der Waals surface area contributed by atoms with Crippen LogP contribution in [0.25, 0.3) is 0 Å². The van der Waals surface area contributed by atoms with E-state index in [1.807, 2.05) is 25.1 Å². The summed E-state index contributed by atoms with van der Waals surface area (Å²) in [4.78, 5) is 12.3. The van der Waals surface area contributed by atoms with Crippen LogP contribution in [0.2, 0.25) is 0 Å². The van der Waals surface area contributed by atoms with Crippen LogP contribution in [0.3, 0.4) is 0 Å². The molecule has 1 heterocycles. The monoisotopic (exact) mass is 315 g/mol. The van der Waals surface area contributed by atoms with Crippen molar-refractivity contribution in [1.82, 2.24) is 0 Å². The first kappa shape index (κ1) is 12.1. The molecule has 0 saturated carbocycles. The zero-order chi connectivity index (χ0) is 13.6. The minimum absolute atomic E-state index is 0.188. The number of carbonyl (C=O) groups is 1. The Morgan fingerprint density at radius 1 is 1.11 bits per heavy atom. The van der Waals surface area contributed by atoms with Gasteiger partial charge >= 0.3 is 0 Å². The summed E-state index contributed by atoms with van der Waals surface area (Å²) in [5.74, 6) is -0.215. The van der Waals surface area contributed by atoms with Crippen LogP contribution in [-0.2, 0) is 0 Å². The standard InChI is InChI=1S/C15H10BrNO2/c1-9-2-7-12-13(8-9)17(19)14(15(12)18)10-3-5-11(16)6-4-10/h2-8H,1H3. The number of carbonyl (C=O) groups excluding carboxylic acids is 1. The number of Topliss-reactive ketones (excluding diaryl/α,β-unsaturated/α-hetero) is 1. The third-order valence-corrected chi connectivity index (χ3v) is 3.68. The number of fused-ring (bicyclic) bond motifs is 1. The average Bonchev–Trinajstić information content (AvgIpc) is 2.63. The SMILES string of the molecule is Cc1ccc2c(c1)[N+]([O-])=C(c1ccc(Br)cc1)C2=O. The highest BCUT2D eigenvalue weighted by molar-refractivity contribution is 9.10. The van der Waals surface area contributed by atoms with Gasteiger partial charge in [0.1, 0.15) is 5.56 Å². The van der Waals surface area contributed by atoms with Gasteiger partial charge in [0.15, 0.2) is 0 Å². The van der Waals surface area contributed by atoms with Crippen molar-refractivity contribution in [3.63, 3.8) is 0 Å². The number of halogens is 1. The largest absolute Gasteiger partial charge is 0.618 e. The number of nitrogens with zero attached hydrogens (tertiary/aromatic N) is 1. The molecule has 0 bridgehead atoms. The van der Waals surface area contributed by atoms with E-state index >= 15 is 0 Å². The van der Waals surface area contributed by atoms with Crippen molar-refractivity contribution >= 4 is 33.1 Å². The second kappa shape index (κ2) is 4.31. The van der Waals surface area contributed by atoms with E-state index in [2.05, 4.69) is 15.9 Å². The van der Waals surface area contributed by atoms with E-state index in [1.165, 1.54) is 0 Å². The summed E-state index contributed by atoms with van der Waals surface area (Å²) in [6.07, 6.45) is 0. The molecule has 2 aromatic rings. The molecule has 94 valence electrons. The third-order valence-electron chi connectivity index (χ3n) is 3.15.